The van der Waals surface area contributed by atoms with E-state index in [1.165, 1.54) is 90.2 Å². The lowest BCUT2D eigenvalue weighted by Gasteiger charge is -2.39. The smallest absolute Gasteiger partial charge is 0.328 e. The third-order valence-corrected chi connectivity index (χ3v) is 12.6. The number of piperidine rings is 2. The van der Waals surface area contributed by atoms with Crippen LogP contribution in [0.15, 0.2) is 84.9 Å². The van der Waals surface area contributed by atoms with E-state index in [1.54, 1.807) is 42.5 Å². The van der Waals surface area contributed by atoms with E-state index in [1.807, 2.05) is 17.0 Å². The molecule has 2 unspecified atom stereocenters. The number of halogens is 4. The number of ether oxygens (including phenoxy) is 2. The minimum absolute atomic E-state index is 0.0505. The van der Waals surface area contributed by atoms with Gasteiger partial charge in [-0.15, -0.1) is 0 Å². The third kappa shape index (κ3) is 14.4. The van der Waals surface area contributed by atoms with E-state index in [0.717, 1.165) is 43.1 Å². The Balaban J connectivity index is 0.000000183. The van der Waals surface area contributed by atoms with Crippen LogP contribution in [0.2, 0.25) is 10.0 Å². The summed E-state index contributed by atoms with van der Waals surface area (Å²) in [5.74, 6) is -1.21. The number of amides is 3. The molecule has 6 atom stereocenters. The number of carbonyl (C=O) groups excluding carboxylic acids is 3. The largest absolute Gasteiger partial charge is 0.495 e. The number of carboxylic acid groups (broad SMARTS) is 1. The van der Waals surface area contributed by atoms with Crippen molar-refractivity contribution in [2.45, 2.75) is 101 Å². The number of fused-ring (bicyclic) bond motifs is 4. The molecule has 0 aromatic heterocycles. The van der Waals surface area contributed by atoms with Crippen molar-refractivity contribution in [3.8, 4) is 11.5 Å². The van der Waals surface area contributed by atoms with E-state index in [2.05, 4.69) is 26.6 Å². The van der Waals surface area contributed by atoms with Crippen molar-refractivity contribution in [2.75, 3.05) is 35.5 Å². The van der Waals surface area contributed by atoms with Crippen LogP contribution in [0.3, 0.4) is 0 Å². The van der Waals surface area contributed by atoms with Crippen LogP contribution < -0.4 is 36.1 Å². The summed E-state index contributed by atoms with van der Waals surface area (Å²) >= 11 is 12.1. The van der Waals surface area contributed by atoms with Crippen LogP contribution in [0.25, 0.3) is 12.2 Å². The summed E-state index contributed by atoms with van der Waals surface area (Å²) in [4.78, 5) is 48.2. The Morgan fingerprint density at radius 2 is 1.07 bits per heavy atom. The number of nitrogens with one attached hydrogen (secondary N) is 5. The van der Waals surface area contributed by atoms with Crippen LogP contribution >= 0.6 is 23.2 Å². The Labute approximate surface area is 399 Å². The van der Waals surface area contributed by atoms with E-state index in [0.29, 0.717) is 62.2 Å². The number of nitrogens with zero attached hydrogens (tertiary/aromatic N) is 1. The maximum atomic E-state index is 13.2. The molecule has 4 aromatic carbocycles. The molecular weight excluding hydrogens is 905 g/mol. The molecule has 356 valence electrons. The molecule has 17 heteroatoms. The van der Waals surface area contributed by atoms with Crippen LogP contribution in [-0.2, 0) is 19.2 Å². The second kappa shape index (κ2) is 23.5. The number of anilines is 4. The molecule has 4 aliphatic rings. The molecule has 0 aliphatic carbocycles. The van der Waals surface area contributed by atoms with Gasteiger partial charge in [0.05, 0.1) is 24.3 Å². The molecule has 8 rings (SSSR count). The van der Waals surface area contributed by atoms with Crippen molar-refractivity contribution < 1.29 is 42.5 Å². The fourth-order valence-electron chi connectivity index (χ4n) is 9.12. The van der Waals surface area contributed by atoms with E-state index in [9.17, 15) is 28.0 Å². The van der Waals surface area contributed by atoms with Gasteiger partial charge in [-0.25, -0.2) is 13.6 Å². The number of aliphatic carboxylic acids is 1. The number of hydrogen-bond donors (Lipinski definition) is 6. The van der Waals surface area contributed by atoms with Crippen molar-refractivity contribution >= 4 is 81.8 Å². The Morgan fingerprint density at radius 1 is 0.657 bits per heavy atom. The topological polar surface area (TPSA) is 170 Å². The number of benzene rings is 4. The van der Waals surface area contributed by atoms with Crippen molar-refractivity contribution in [3.05, 3.63) is 118 Å². The summed E-state index contributed by atoms with van der Waals surface area (Å²) < 4.78 is 36.2. The van der Waals surface area contributed by atoms with E-state index in [-0.39, 0.29) is 47.5 Å². The zero-order valence-electron chi connectivity index (χ0n) is 37.7. The summed E-state index contributed by atoms with van der Waals surface area (Å²) in [6, 6.07) is 21.9. The normalized spacial score (nSPS) is 21.3. The number of methoxy groups -OCH3 is 2. The van der Waals surface area contributed by atoms with Crippen LogP contribution in [-0.4, -0.2) is 84.2 Å². The highest BCUT2D eigenvalue weighted by atomic mass is 35.5. The lowest BCUT2D eigenvalue weighted by molar-refractivity contribution is -0.131. The van der Waals surface area contributed by atoms with Gasteiger partial charge in [-0.2, -0.15) is 0 Å². The van der Waals surface area contributed by atoms with Gasteiger partial charge in [-0.1, -0.05) is 23.2 Å². The Morgan fingerprint density at radius 3 is 1.48 bits per heavy atom. The van der Waals surface area contributed by atoms with Crippen molar-refractivity contribution in [1.29, 1.82) is 0 Å². The molecule has 4 bridgehead atoms. The lowest BCUT2D eigenvalue weighted by Crippen LogP contribution is -2.49. The standard InChI is InChI=1S/C25H27ClFN3O3.C13H17FN2.C12H12ClNO4/c1-15(31)28-23-14-22(26)24(33-2)11-16(23)3-10-25(32)30-20-8-9-21(30)13-19(12-20)29-18-6-4-17(27)5-7-18;14-9-1-3-10(4-2-9)15-13-7-11-5-6-12(8-13)16-11;1-7(15)14-10-6-9(13)11(18-2)5-8(10)3-4-12(16)17/h3-7,10-11,14,19-21,29H,8-9,12-13H2,1-2H3,(H,28,31);1-4,11-13,15-16H,5-8H2;3-6H,1-2H3,(H,14,15)(H,16,17)/b10-3+;;4-3+/t19?,20-,21+;11-,12+,13?;. The predicted molar refractivity (Wildman–Crippen MR) is 260 cm³/mol. The van der Waals surface area contributed by atoms with Crippen molar-refractivity contribution in [2.24, 2.45) is 0 Å². The highest BCUT2D eigenvalue weighted by Crippen LogP contribution is 2.38. The van der Waals surface area contributed by atoms with Gasteiger partial charge in [0.25, 0.3) is 0 Å². The summed E-state index contributed by atoms with van der Waals surface area (Å²) in [7, 11) is 2.96. The minimum Gasteiger partial charge on any atom is -0.495 e. The second-order valence-corrected chi connectivity index (χ2v) is 17.7. The first kappa shape index (κ1) is 50.3. The Kier molecular flexibility index (Phi) is 17.6. The fraction of sp³-hybridized carbons (Fsp3) is 0.360. The summed E-state index contributed by atoms with van der Waals surface area (Å²) in [6.07, 6.45) is 14.2. The first-order chi connectivity index (χ1) is 32.1. The molecule has 6 N–H and O–H groups in total. The molecule has 4 aliphatic heterocycles. The highest BCUT2D eigenvalue weighted by Gasteiger charge is 2.42. The first-order valence-electron chi connectivity index (χ1n) is 22.1. The van der Waals surface area contributed by atoms with Gasteiger partial charge in [0.15, 0.2) is 0 Å². The minimum atomic E-state index is -1.09. The van der Waals surface area contributed by atoms with E-state index < -0.39 is 5.97 Å². The van der Waals surface area contributed by atoms with Crippen molar-refractivity contribution in [3.63, 3.8) is 0 Å². The maximum Gasteiger partial charge on any atom is 0.328 e. The number of carboxylic acids is 1. The molecule has 4 heterocycles. The number of hydrogen-bond acceptors (Lipinski definition) is 9. The molecular formula is C50H56Cl2F2N6O7. The fourth-order valence-corrected chi connectivity index (χ4v) is 9.61. The average Bonchev–Trinajstić information content (AvgIpc) is 3.77. The van der Waals surface area contributed by atoms with Gasteiger partial charge in [-0.05, 0) is 136 Å². The van der Waals surface area contributed by atoms with Crippen LogP contribution in [0.4, 0.5) is 31.5 Å². The maximum absolute atomic E-state index is 13.2. The first-order valence-corrected chi connectivity index (χ1v) is 22.8. The molecule has 0 spiro atoms. The Bertz CT molecular complexity index is 2430. The second-order valence-electron chi connectivity index (χ2n) is 16.9. The van der Waals surface area contributed by atoms with Gasteiger partial charge >= 0.3 is 5.97 Å². The van der Waals surface area contributed by atoms with Gasteiger partial charge in [0.2, 0.25) is 17.7 Å². The highest BCUT2D eigenvalue weighted by molar-refractivity contribution is 6.33. The number of rotatable bonds is 12. The molecule has 67 heavy (non-hydrogen) atoms. The molecule has 4 saturated heterocycles. The van der Waals surface area contributed by atoms with Gasteiger partial charge in [0.1, 0.15) is 23.1 Å². The summed E-state index contributed by atoms with van der Waals surface area (Å²) in [6.45, 7) is 2.77. The van der Waals surface area contributed by atoms with Crippen molar-refractivity contribution in [1.82, 2.24) is 10.2 Å². The summed E-state index contributed by atoms with van der Waals surface area (Å²) in [5, 5.41) is 25.2. The average molecular weight is 962 g/mol. The predicted octanol–water partition coefficient (Wildman–Crippen LogP) is 10.0. The molecule has 4 fully saturated rings. The zero-order valence-corrected chi connectivity index (χ0v) is 39.2. The van der Waals surface area contributed by atoms with Crippen LogP contribution in [0.1, 0.15) is 76.3 Å². The molecule has 3 amide bonds. The van der Waals surface area contributed by atoms with Gasteiger partial charge in [-0.3, -0.25) is 14.4 Å². The molecule has 13 nitrogen and oxygen atoms in total. The van der Waals surface area contributed by atoms with Crippen LogP contribution in [0.5, 0.6) is 11.5 Å². The Hall–Kier alpha value is -6.16. The van der Waals surface area contributed by atoms with Gasteiger partial charge < -0.3 is 46.1 Å². The zero-order chi connectivity index (χ0) is 48.2. The summed E-state index contributed by atoms with van der Waals surface area (Å²) in [5.41, 5.74) is 4.00. The van der Waals surface area contributed by atoms with E-state index in [4.69, 9.17) is 37.8 Å². The lowest BCUT2D eigenvalue weighted by atomic mass is 9.96. The third-order valence-electron chi connectivity index (χ3n) is 12.0. The molecule has 4 aromatic rings. The van der Waals surface area contributed by atoms with E-state index >= 15 is 0 Å². The monoisotopic (exact) mass is 960 g/mol. The SMILES string of the molecule is COc1cc(/C=C/C(=O)N2[C@@H]3CC[C@H]2CC(Nc2ccc(F)cc2)C3)c(NC(C)=O)cc1Cl.COc1cc(/C=C/C(=O)O)c(NC(C)=O)cc1Cl.Fc1ccc(NC2C[C@H]3CC[C@@H](C2)N3)cc1. The quantitative estimate of drug-likeness (QED) is 0.0752. The number of carbonyl (C=O) groups is 4. The van der Waals surface area contributed by atoms with Crippen LogP contribution in [0, 0.1) is 11.6 Å². The molecule has 0 saturated carbocycles. The molecule has 0 radical (unpaired) electrons. The van der Waals surface area contributed by atoms with Gasteiger partial charge in [0, 0.05) is 96.1 Å².